The van der Waals surface area contributed by atoms with E-state index in [0.29, 0.717) is 11.6 Å². The van der Waals surface area contributed by atoms with Crippen molar-refractivity contribution in [3.05, 3.63) is 53.9 Å². The van der Waals surface area contributed by atoms with Crippen LogP contribution >= 0.6 is 0 Å². The minimum absolute atomic E-state index is 0.0868. The van der Waals surface area contributed by atoms with E-state index in [9.17, 15) is 4.79 Å². The minimum atomic E-state index is -0.0868. The first-order valence-corrected chi connectivity index (χ1v) is 14.4. The van der Waals surface area contributed by atoms with Crippen LogP contribution in [0.3, 0.4) is 0 Å². The molecule has 0 spiro atoms. The molecule has 1 atom stereocenters. The van der Waals surface area contributed by atoms with Gasteiger partial charge < -0.3 is 25.4 Å². The van der Waals surface area contributed by atoms with Crippen LogP contribution in [-0.4, -0.2) is 84.1 Å². The second kappa shape index (κ2) is 11.4. The number of fused-ring (bicyclic) bond motifs is 1. The Labute approximate surface area is 225 Å². The molecule has 1 amide bonds. The van der Waals surface area contributed by atoms with Crippen LogP contribution in [0.4, 0.5) is 11.4 Å². The molecule has 8 heteroatoms. The monoisotopic (exact) mass is 515 g/mol. The van der Waals surface area contributed by atoms with Crippen LogP contribution < -0.4 is 15.5 Å². The maximum Gasteiger partial charge on any atom is 0.255 e. The zero-order valence-electron chi connectivity index (χ0n) is 22.6. The molecular weight excluding hydrogens is 474 g/mol. The summed E-state index contributed by atoms with van der Waals surface area (Å²) < 4.78 is 0. The molecule has 1 aromatic heterocycles. The molecule has 2 aromatic carbocycles. The Bertz CT molecular complexity index is 1230. The second-order valence-corrected chi connectivity index (χ2v) is 11.4. The predicted octanol–water partition coefficient (Wildman–Crippen LogP) is 3.92. The van der Waals surface area contributed by atoms with Crippen molar-refractivity contribution >= 4 is 28.3 Å². The summed E-state index contributed by atoms with van der Waals surface area (Å²) in [4.78, 5) is 28.7. The van der Waals surface area contributed by atoms with E-state index in [1.165, 1.54) is 51.0 Å². The van der Waals surface area contributed by atoms with Crippen molar-refractivity contribution in [2.24, 2.45) is 5.92 Å². The maximum atomic E-state index is 13.0. The maximum absolute atomic E-state index is 13.0. The molecule has 202 valence electrons. The highest BCUT2D eigenvalue weighted by molar-refractivity contribution is 6.05. The fraction of sp³-hybridized carbons (Fsp3) is 0.533. The molecule has 6 rings (SSSR count). The van der Waals surface area contributed by atoms with E-state index >= 15 is 0 Å². The number of anilines is 2. The summed E-state index contributed by atoms with van der Waals surface area (Å²) in [7, 11) is 0. The van der Waals surface area contributed by atoms with Gasteiger partial charge in [0.15, 0.2) is 0 Å². The number of rotatable bonds is 7. The molecule has 3 aromatic rings. The first-order chi connectivity index (χ1) is 18.6. The molecule has 0 unspecified atom stereocenters. The number of carbonyl (C=O) groups excluding carboxylic acids is 1. The van der Waals surface area contributed by atoms with Crippen LogP contribution in [0.15, 0.2) is 42.5 Å². The molecule has 8 nitrogen and oxygen atoms in total. The van der Waals surface area contributed by atoms with Gasteiger partial charge >= 0.3 is 0 Å². The molecular formula is C30H41N7O. The zero-order chi connectivity index (χ0) is 25.9. The number of benzene rings is 2. The summed E-state index contributed by atoms with van der Waals surface area (Å²) in [6.07, 6.45) is 4.99. The van der Waals surface area contributed by atoms with Crippen molar-refractivity contribution in [2.45, 2.75) is 45.2 Å². The summed E-state index contributed by atoms with van der Waals surface area (Å²) >= 11 is 0. The minimum Gasteiger partial charge on any atom is -0.372 e. The SMILES string of the molecule is C[C@H]1CCCN1Cc1nc2ccc(NC(=O)c3ccc(N4CCC(CN5CCNCC5)CC4)cc3)cc2[nH]1. The lowest BCUT2D eigenvalue weighted by molar-refractivity contribution is 0.102. The van der Waals surface area contributed by atoms with E-state index in [4.69, 9.17) is 4.98 Å². The van der Waals surface area contributed by atoms with E-state index in [1.807, 2.05) is 30.3 Å². The normalized spacial score (nSPS) is 21.8. The standard InChI is InChI=1S/C30H41N7O/c1-22-3-2-14-37(22)21-29-33-27-9-6-25(19-28(27)34-29)32-30(38)24-4-7-26(8-5-24)36-15-10-23(11-16-36)20-35-17-12-31-13-18-35/h4-9,19,22-23,31H,2-3,10-18,20-21H2,1H3,(H,32,38)(H,33,34)/t22-/m0/s1. The van der Waals surface area contributed by atoms with Gasteiger partial charge in [0.05, 0.1) is 17.6 Å². The van der Waals surface area contributed by atoms with Gasteiger partial charge in [-0.1, -0.05) is 0 Å². The highest BCUT2D eigenvalue weighted by atomic mass is 16.1. The number of piperazine rings is 1. The fourth-order valence-corrected chi connectivity index (χ4v) is 6.29. The van der Waals surface area contributed by atoms with Gasteiger partial charge in [0.25, 0.3) is 5.91 Å². The third-order valence-electron chi connectivity index (χ3n) is 8.67. The summed E-state index contributed by atoms with van der Waals surface area (Å²) in [5, 5.41) is 6.51. The Hall–Kier alpha value is -2.94. The van der Waals surface area contributed by atoms with E-state index in [1.54, 1.807) is 0 Å². The van der Waals surface area contributed by atoms with Crippen LogP contribution in [0, 0.1) is 5.92 Å². The number of imidazole rings is 1. The number of aromatic nitrogens is 2. The first-order valence-electron chi connectivity index (χ1n) is 14.4. The number of likely N-dealkylation sites (tertiary alicyclic amines) is 1. The Morgan fingerprint density at radius 3 is 2.53 bits per heavy atom. The van der Waals surface area contributed by atoms with Crippen molar-refractivity contribution in [3.8, 4) is 0 Å². The van der Waals surface area contributed by atoms with E-state index in [-0.39, 0.29) is 5.91 Å². The topological polar surface area (TPSA) is 79.5 Å². The van der Waals surface area contributed by atoms with Gasteiger partial charge in [-0.15, -0.1) is 0 Å². The van der Waals surface area contributed by atoms with Gasteiger partial charge in [-0.05, 0) is 87.5 Å². The molecule has 0 bridgehead atoms. The van der Waals surface area contributed by atoms with E-state index in [0.717, 1.165) is 67.7 Å². The van der Waals surface area contributed by atoms with E-state index < -0.39 is 0 Å². The van der Waals surface area contributed by atoms with Crippen molar-refractivity contribution < 1.29 is 4.79 Å². The van der Waals surface area contributed by atoms with Crippen LogP contribution in [0.25, 0.3) is 11.0 Å². The van der Waals surface area contributed by atoms with Crippen molar-refractivity contribution in [1.29, 1.82) is 0 Å². The summed E-state index contributed by atoms with van der Waals surface area (Å²) in [6.45, 7) is 12.3. The number of aromatic amines is 1. The fourth-order valence-electron chi connectivity index (χ4n) is 6.29. The first kappa shape index (κ1) is 25.3. The smallest absolute Gasteiger partial charge is 0.255 e. The lowest BCUT2D eigenvalue weighted by Crippen LogP contribution is -2.46. The van der Waals surface area contributed by atoms with Crippen LogP contribution in [0.1, 0.15) is 48.8 Å². The lowest BCUT2D eigenvalue weighted by Gasteiger charge is -2.37. The van der Waals surface area contributed by atoms with Crippen LogP contribution in [-0.2, 0) is 6.54 Å². The number of H-pyrrole nitrogens is 1. The van der Waals surface area contributed by atoms with Gasteiger partial charge in [0.1, 0.15) is 5.82 Å². The Morgan fingerprint density at radius 2 is 1.79 bits per heavy atom. The number of carbonyl (C=O) groups is 1. The van der Waals surface area contributed by atoms with Crippen LogP contribution in [0.2, 0.25) is 0 Å². The van der Waals surface area contributed by atoms with Crippen molar-refractivity contribution in [1.82, 2.24) is 25.1 Å². The van der Waals surface area contributed by atoms with Gasteiger partial charge in [-0.25, -0.2) is 4.98 Å². The molecule has 3 fully saturated rings. The molecule has 38 heavy (non-hydrogen) atoms. The number of amides is 1. The number of hydrogen-bond donors (Lipinski definition) is 3. The average molecular weight is 516 g/mol. The van der Waals surface area contributed by atoms with Crippen molar-refractivity contribution in [2.75, 3.05) is 62.6 Å². The quantitative estimate of drug-likeness (QED) is 0.443. The Balaban J connectivity index is 1.02. The summed E-state index contributed by atoms with van der Waals surface area (Å²) in [5.74, 6) is 1.69. The largest absolute Gasteiger partial charge is 0.372 e. The number of nitrogens with zero attached hydrogens (tertiary/aromatic N) is 4. The third kappa shape index (κ3) is 5.87. The highest BCUT2D eigenvalue weighted by Crippen LogP contribution is 2.25. The van der Waals surface area contributed by atoms with Gasteiger partial charge in [0.2, 0.25) is 0 Å². The van der Waals surface area contributed by atoms with Gasteiger partial charge in [0, 0.05) is 68.8 Å². The second-order valence-electron chi connectivity index (χ2n) is 11.4. The molecule has 3 aliphatic heterocycles. The molecule has 3 saturated heterocycles. The van der Waals surface area contributed by atoms with Gasteiger partial charge in [-0.2, -0.15) is 0 Å². The zero-order valence-corrected chi connectivity index (χ0v) is 22.6. The number of hydrogen-bond acceptors (Lipinski definition) is 6. The number of piperidine rings is 1. The van der Waals surface area contributed by atoms with E-state index in [2.05, 4.69) is 49.4 Å². The molecule has 0 radical (unpaired) electrons. The molecule has 4 heterocycles. The number of nitrogens with one attached hydrogen (secondary N) is 3. The van der Waals surface area contributed by atoms with Crippen molar-refractivity contribution in [3.63, 3.8) is 0 Å². The Morgan fingerprint density at radius 1 is 1.00 bits per heavy atom. The molecule has 3 aliphatic rings. The average Bonchev–Trinajstić information content (AvgIpc) is 3.54. The predicted molar refractivity (Wildman–Crippen MR) is 154 cm³/mol. The molecule has 0 aliphatic carbocycles. The summed E-state index contributed by atoms with van der Waals surface area (Å²) in [5.41, 5.74) is 4.56. The van der Waals surface area contributed by atoms with Gasteiger partial charge in [-0.3, -0.25) is 9.69 Å². The van der Waals surface area contributed by atoms with Crippen LogP contribution in [0.5, 0.6) is 0 Å². The Kier molecular flexibility index (Phi) is 7.63. The third-order valence-corrected chi connectivity index (χ3v) is 8.67. The highest BCUT2D eigenvalue weighted by Gasteiger charge is 2.23. The molecule has 0 saturated carbocycles. The lowest BCUT2D eigenvalue weighted by atomic mass is 9.95. The molecule has 3 N–H and O–H groups in total. The summed E-state index contributed by atoms with van der Waals surface area (Å²) in [6, 6.07) is 14.6.